The molecule has 5 unspecified atom stereocenters. The summed E-state index contributed by atoms with van der Waals surface area (Å²) in [6.07, 6.45) is 23.2. The van der Waals surface area contributed by atoms with E-state index in [1.165, 1.54) is 103 Å². The minimum atomic E-state index is -0.0211. The fourth-order valence-electron chi connectivity index (χ4n) is 7.25. The van der Waals surface area contributed by atoms with Crippen molar-refractivity contribution in [3.63, 3.8) is 0 Å². The molecule has 2 saturated carbocycles. The number of unbranched alkanes of at least 4 members (excludes halogenated alkanes) is 10. The molecular weight excluding hydrogens is 342 g/mol. The van der Waals surface area contributed by atoms with Gasteiger partial charge >= 0.3 is 0 Å². The zero-order valence-corrected chi connectivity index (χ0v) is 19.1. The molecule has 2 heteroatoms. The maximum Gasteiger partial charge on any atom is 0.0543 e. The van der Waals surface area contributed by atoms with Crippen molar-refractivity contribution in [3.8, 4) is 0 Å². The topological polar surface area (TPSA) is 32.3 Å². The Bertz CT molecular complexity index is 420. The van der Waals surface area contributed by atoms with E-state index in [0.29, 0.717) is 5.41 Å². The molecule has 28 heavy (non-hydrogen) atoms. The lowest BCUT2D eigenvalue weighted by Crippen LogP contribution is -2.58. The first-order valence-corrected chi connectivity index (χ1v) is 13.1. The minimum Gasteiger partial charge on any atom is -0.393 e. The molecule has 2 aliphatic carbocycles. The van der Waals surface area contributed by atoms with Gasteiger partial charge in [-0.15, -0.1) is 0 Å². The number of aliphatic hydroxyl groups excluding tert-OH is 1. The monoisotopic (exact) mass is 391 g/mol. The maximum atomic E-state index is 10.5. The molecule has 1 heterocycles. The van der Waals surface area contributed by atoms with Crippen LogP contribution < -0.4 is 5.32 Å². The minimum absolute atomic E-state index is 0.0211. The van der Waals surface area contributed by atoms with Crippen LogP contribution in [0.3, 0.4) is 0 Å². The third kappa shape index (κ3) is 5.15. The predicted octanol–water partition coefficient (Wildman–Crippen LogP) is 6.85. The molecule has 0 spiro atoms. The quantitative estimate of drug-likeness (QED) is 0.317. The Labute approximate surface area is 175 Å². The SMILES string of the molecule is CCCCCCCCC1(CCCCCCCC)C2CC(O)CCC2C2CNC21. The largest absolute Gasteiger partial charge is 0.393 e. The smallest absolute Gasteiger partial charge is 0.0543 e. The summed E-state index contributed by atoms with van der Waals surface area (Å²) >= 11 is 0. The highest BCUT2D eigenvalue weighted by Crippen LogP contribution is 2.62. The fraction of sp³-hybridized carbons (Fsp3) is 1.00. The van der Waals surface area contributed by atoms with Gasteiger partial charge in [-0.1, -0.05) is 90.9 Å². The lowest BCUT2D eigenvalue weighted by Gasteiger charge is -2.47. The van der Waals surface area contributed by atoms with Gasteiger partial charge in [0.05, 0.1) is 6.10 Å². The summed E-state index contributed by atoms with van der Waals surface area (Å²) in [6.45, 7) is 5.88. The van der Waals surface area contributed by atoms with Gasteiger partial charge in [0.15, 0.2) is 0 Å². The van der Waals surface area contributed by atoms with Crippen LogP contribution in [0, 0.1) is 23.2 Å². The Morgan fingerprint density at radius 3 is 1.86 bits per heavy atom. The van der Waals surface area contributed by atoms with Crippen LogP contribution in [0.4, 0.5) is 0 Å². The third-order valence-corrected chi connectivity index (χ3v) is 8.78. The van der Waals surface area contributed by atoms with Crippen molar-refractivity contribution in [2.75, 3.05) is 6.54 Å². The Morgan fingerprint density at radius 2 is 1.32 bits per heavy atom. The molecule has 3 fully saturated rings. The van der Waals surface area contributed by atoms with Gasteiger partial charge in [-0.3, -0.25) is 0 Å². The lowest BCUT2D eigenvalue weighted by atomic mass is 9.63. The van der Waals surface area contributed by atoms with E-state index in [2.05, 4.69) is 19.2 Å². The molecular formula is C26H49NO. The molecule has 3 rings (SSSR count). The molecule has 0 aromatic rings. The standard InChI is InChI=1S/C26H49NO/c1-3-5-7-9-11-13-17-26(18-14-12-10-8-6-4-2)24-19-21(28)15-16-22(24)23-20-27-25(23)26/h21-25,27-28H,3-20H2,1-2H3. The molecule has 1 saturated heterocycles. The average Bonchev–Trinajstić information content (AvgIpc) is 2.84. The number of fused-ring (bicyclic) bond motifs is 3. The summed E-state index contributed by atoms with van der Waals surface area (Å²) in [6, 6.07) is 0.777. The Hall–Kier alpha value is -0.0800. The second-order valence-corrected chi connectivity index (χ2v) is 10.6. The molecule has 0 bridgehead atoms. The Kier molecular flexibility index (Phi) is 9.16. The van der Waals surface area contributed by atoms with Crippen LogP contribution in [0.2, 0.25) is 0 Å². The number of aliphatic hydroxyl groups is 1. The van der Waals surface area contributed by atoms with Gasteiger partial charge in [0, 0.05) is 12.6 Å². The van der Waals surface area contributed by atoms with Crippen molar-refractivity contribution in [2.24, 2.45) is 23.2 Å². The average molecular weight is 392 g/mol. The molecule has 1 aliphatic heterocycles. The van der Waals surface area contributed by atoms with Crippen molar-refractivity contribution in [2.45, 2.75) is 135 Å². The summed E-state index contributed by atoms with van der Waals surface area (Å²) in [5, 5.41) is 14.4. The molecule has 0 aromatic carbocycles. The zero-order chi connectivity index (χ0) is 19.8. The fourth-order valence-corrected chi connectivity index (χ4v) is 7.25. The first-order chi connectivity index (χ1) is 13.7. The van der Waals surface area contributed by atoms with Gasteiger partial charge in [0.25, 0.3) is 0 Å². The van der Waals surface area contributed by atoms with Crippen LogP contribution in [0.25, 0.3) is 0 Å². The summed E-state index contributed by atoms with van der Waals surface area (Å²) in [5.74, 6) is 2.64. The lowest BCUT2D eigenvalue weighted by molar-refractivity contribution is 0.0177. The highest BCUT2D eigenvalue weighted by atomic mass is 16.3. The predicted molar refractivity (Wildman–Crippen MR) is 121 cm³/mol. The summed E-state index contributed by atoms with van der Waals surface area (Å²) < 4.78 is 0. The Morgan fingerprint density at radius 1 is 0.750 bits per heavy atom. The third-order valence-electron chi connectivity index (χ3n) is 8.78. The first kappa shape index (κ1) is 22.6. The van der Waals surface area contributed by atoms with E-state index in [4.69, 9.17) is 0 Å². The summed E-state index contributed by atoms with van der Waals surface area (Å²) in [7, 11) is 0. The van der Waals surface area contributed by atoms with Crippen molar-refractivity contribution in [1.29, 1.82) is 0 Å². The summed E-state index contributed by atoms with van der Waals surface area (Å²) in [5.41, 5.74) is 0.504. The summed E-state index contributed by atoms with van der Waals surface area (Å²) in [4.78, 5) is 0. The molecule has 0 amide bonds. The van der Waals surface area contributed by atoms with Crippen LogP contribution in [0.1, 0.15) is 123 Å². The second-order valence-electron chi connectivity index (χ2n) is 10.6. The van der Waals surface area contributed by atoms with Crippen LogP contribution in [-0.2, 0) is 0 Å². The highest BCUT2D eigenvalue weighted by Gasteiger charge is 2.62. The van der Waals surface area contributed by atoms with Gasteiger partial charge in [-0.25, -0.2) is 0 Å². The number of nitrogens with one attached hydrogen (secondary N) is 1. The van der Waals surface area contributed by atoms with Gasteiger partial charge < -0.3 is 10.4 Å². The van der Waals surface area contributed by atoms with Crippen molar-refractivity contribution in [3.05, 3.63) is 0 Å². The van der Waals surface area contributed by atoms with E-state index in [0.717, 1.165) is 36.6 Å². The number of rotatable bonds is 14. The van der Waals surface area contributed by atoms with Crippen molar-refractivity contribution in [1.82, 2.24) is 5.32 Å². The molecule has 2 N–H and O–H groups in total. The van der Waals surface area contributed by atoms with E-state index < -0.39 is 0 Å². The normalized spacial score (nSPS) is 33.3. The number of hydrogen-bond donors (Lipinski definition) is 2. The first-order valence-electron chi connectivity index (χ1n) is 13.1. The van der Waals surface area contributed by atoms with Crippen molar-refractivity contribution < 1.29 is 5.11 Å². The highest BCUT2D eigenvalue weighted by molar-refractivity contribution is 5.15. The van der Waals surface area contributed by atoms with Gasteiger partial charge in [0.1, 0.15) is 0 Å². The molecule has 5 atom stereocenters. The molecule has 164 valence electrons. The van der Waals surface area contributed by atoms with Crippen LogP contribution >= 0.6 is 0 Å². The Balaban J connectivity index is 1.58. The van der Waals surface area contributed by atoms with Crippen LogP contribution in [0.5, 0.6) is 0 Å². The van der Waals surface area contributed by atoms with Gasteiger partial charge in [0.2, 0.25) is 0 Å². The van der Waals surface area contributed by atoms with E-state index in [9.17, 15) is 5.11 Å². The number of hydrogen-bond acceptors (Lipinski definition) is 2. The van der Waals surface area contributed by atoms with E-state index in [1.54, 1.807) is 0 Å². The van der Waals surface area contributed by atoms with E-state index in [-0.39, 0.29) is 6.10 Å². The van der Waals surface area contributed by atoms with E-state index >= 15 is 0 Å². The molecule has 0 radical (unpaired) electrons. The zero-order valence-electron chi connectivity index (χ0n) is 19.1. The maximum absolute atomic E-state index is 10.5. The molecule has 0 aromatic heterocycles. The van der Waals surface area contributed by atoms with Crippen LogP contribution in [0.15, 0.2) is 0 Å². The van der Waals surface area contributed by atoms with Gasteiger partial charge in [-0.2, -0.15) is 0 Å². The van der Waals surface area contributed by atoms with Crippen LogP contribution in [-0.4, -0.2) is 23.8 Å². The van der Waals surface area contributed by atoms with Crippen molar-refractivity contribution >= 4 is 0 Å². The molecule has 2 nitrogen and oxygen atoms in total. The van der Waals surface area contributed by atoms with E-state index in [1.807, 2.05) is 0 Å². The molecule has 3 aliphatic rings. The van der Waals surface area contributed by atoms with Gasteiger partial charge in [-0.05, 0) is 55.3 Å². The second kappa shape index (κ2) is 11.3.